The molecule has 0 radical (unpaired) electrons. The Morgan fingerprint density at radius 3 is 2.55 bits per heavy atom. The molecule has 1 aromatic carbocycles. The van der Waals surface area contributed by atoms with Crippen LogP contribution < -0.4 is 14.8 Å². The summed E-state index contributed by atoms with van der Waals surface area (Å²) in [7, 11) is -2.16. The number of amides is 1. The highest BCUT2D eigenvalue weighted by Gasteiger charge is 2.35. The molecule has 1 fully saturated rings. The standard InChI is InChI=1S/C28H30N4O5S/c1-3-25(18-7-4-5-8-18)38(34,35)26-12-11-19(14-29-26)27(33)32-21-13-23-22(9-6-10-24(23)37-17-21)20-15-30-28(36-2)31-16-20/h3,6,9-12,14-16,18,21,25H,1,4-5,7-8,13,17H2,2H3,(H,32,33)/t21-,25?/m0/s1. The molecule has 38 heavy (non-hydrogen) atoms. The predicted molar refractivity (Wildman–Crippen MR) is 142 cm³/mol. The number of rotatable bonds is 8. The molecule has 10 heteroatoms. The molecule has 2 atom stereocenters. The van der Waals surface area contributed by atoms with Crippen LogP contribution in [-0.4, -0.2) is 54.3 Å². The van der Waals surface area contributed by atoms with Crippen LogP contribution in [-0.2, 0) is 16.3 Å². The summed E-state index contributed by atoms with van der Waals surface area (Å²) < 4.78 is 37.4. The molecular formula is C28H30N4O5S. The van der Waals surface area contributed by atoms with Crippen molar-refractivity contribution < 1.29 is 22.7 Å². The van der Waals surface area contributed by atoms with Crippen molar-refractivity contribution in [2.45, 2.75) is 48.4 Å². The Morgan fingerprint density at radius 2 is 1.89 bits per heavy atom. The molecule has 3 aromatic rings. The second-order valence-corrected chi connectivity index (χ2v) is 11.7. The van der Waals surface area contributed by atoms with Gasteiger partial charge in [-0.15, -0.1) is 6.58 Å². The van der Waals surface area contributed by atoms with Crippen LogP contribution in [0, 0.1) is 5.92 Å². The smallest absolute Gasteiger partial charge is 0.316 e. The van der Waals surface area contributed by atoms with Gasteiger partial charge in [0.05, 0.1) is 24.0 Å². The molecule has 0 spiro atoms. The van der Waals surface area contributed by atoms with E-state index in [0.717, 1.165) is 48.1 Å². The molecule has 198 valence electrons. The van der Waals surface area contributed by atoms with Crippen LogP contribution in [0.25, 0.3) is 11.1 Å². The zero-order chi connectivity index (χ0) is 26.7. The number of hydrogen-bond acceptors (Lipinski definition) is 8. The molecule has 2 aromatic heterocycles. The Morgan fingerprint density at radius 1 is 1.13 bits per heavy atom. The van der Waals surface area contributed by atoms with Gasteiger partial charge in [-0.3, -0.25) is 4.79 Å². The summed E-state index contributed by atoms with van der Waals surface area (Å²) in [5.74, 6) is 0.463. The molecule has 1 saturated carbocycles. The van der Waals surface area contributed by atoms with Gasteiger partial charge in [0.25, 0.3) is 5.91 Å². The van der Waals surface area contributed by atoms with E-state index in [9.17, 15) is 13.2 Å². The van der Waals surface area contributed by atoms with E-state index in [2.05, 4.69) is 26.8 Å². The van der Waals surface area contributed by atoms with Gasteiger partial charge in [0.15, 0.2) is 5.03 Å². The number of pyridine rings is 1. The summed E-state index contributed by atoms with van der Waals surface area (Å²) in [6, 6.07) is 8.67. The van der Waals surface area contributed by atoms with Gasteiger partial charge in [-0.1, -0.05) is 31.1 Å². The number of sulfone groups is 1. The number of hydrogen-bond donors (Lipinski definition) is 1. The normalized spacial score (nSPS) is 18.2. The van der Waals surface area contributed by atoms with Crippen LogP contribution in [0.5, 0.6) is 11.8 Å². The topological polar surface area (TPSA) is 120 Å². The first-order valence-electron chi connectivity index (χ1n) is 12.6. The maximum Gasteiger partial charge on any atom is 0.316 e. The summed E-state index contributed by atoms with van der Waals surface area (Å²) in [6.07, 6.45) is 10.6. The Hall–Kier alpha value is -3.79. The minimum Gasteiger partial charge on any atom is -0.491 e. The quantitative estimate of drug-likeness (QED) is 0.434. The first-order valence-corrected chi connectivity index (χ1v) is 14.2. The molecule has 2 aliphatic rings. The van der Waals surface area contributed by atoms with E-state index in [4.69, 9.17) is 9.47 Å². The fraction of sp³-hybridized carbons (Fsp3) is 0.357. The summed E-state index contributed by atoms with van der Waals surface area (Å²) in [6.45, 7) is 4.07. The summed E-state index contributed by atoms with van der Waals surface area (Å²) >= 11 is 0. The highest BCUT2D eigenvalue weighted by atomic mass is 32.2. The molecule has 0 bridgehead atoms. The third-order valence-corrected chi connectivity index (χ3v) is 9.34. The average Bonchev–Trinajstić information content (AvgIpc) is 3.47. The Kier molecular flexibility index (Phi) is 7.42. The number of benzene rings is 1. The molecule has 3 heterocycles. The lowest BCUT2D eigenvalue weighted by atomic mass is 9.94. The Labute approximate surface area is 222 Å². The van der Waals surface area contributed by atoms with E-state index in [-0.39, 0.29) is 34.5 Å². The van der Waals surface area contributed by atoms with Crippen molar-refractivity contribution >= 4 is 15.7 Å². The Bertz CT molecular complexity index is 1420. The zero-order valence-electron chi connectivity index (χ0n) is 21.2. The molecule has 1 amide bonds. The highest BCUT2D eigenvalue weighted by Crippen LogP contribution is 2.35. The van der Waals surface area contributed by atoms with Crippen LogP contribution in [0.1, 0.15) is 41.6 Å². The lowest BCUT2D eigenvalue weighted by Gasteiger charge is -2.28. The molecule has 1 N–H and O–H groups in total. The lowest BCUT2D eigenvalue weighted by Crippen LogP contribution is -2.43. The SMILES string of the molecule is C=CC(C1CCCC1)S(=O)(=O)c1ccc(C(=O)N[C@@H]2COc3cccc(-c4cnc(OC)nc4)c3C2)cn1. The van der Waals surface area contributed by atoms with Crippen LogP contribution in [0.3, 0.4) is 0 Å². The van der Waals surface area contributed by atoms with E-state index in [1.807, 2.05) is 18.2 Å². The number of fused-ring (bicyclic) bond motifs is 1. The third-order valence-electron chi connectivity index (χ3n) is 7.23. The lowest BCUT2D eigenvalue weighted by molar-refractivity contribution is 0.0915. The second-order valence-electron chi connectivity index (χ2n) is 9.60. The minimum absolute atomic E-state index is 0.0351. The molecular weight excluding hydrogens is 504 g/mol. The van der Waals surface area contributed by atoms with E-state index in [1.54, 1.807) is 12.4 Å². The molecule has 9 nitrogen and oxygen atoms in total. The number of ether oxygens (including phenoxy) is 2. The largest absolute Gasteiger partial charge is 0.491 e. The molecule has 5 rings (SSSR count). The van der Waals surface area contributed by atoms with E-state index in [1.165, 1.54) is 31.5 Å². The minimum atomic E-state index is -3.67. The van der Waals surface area contributed by atoms with Crippen molar-refractivity contribution in [3.05, 3.63) is 72.7 Å². The number of carbonyl (C=O) groups is 1. The first-order chi connectivity index (χ1) is 18.4. The van der Waals surface area contributed by atoms with Crippen LogP contribution in [0.4, 0.5) is 0 Å². The van der Waals surface area contributed by atoms with Crippen molar-refractivity contribution in [3.63, 3.8) is 0 Å². The number of carbonyl (C=O) groups excluding carboxylic acids is 1. The maximum absolute atomic E-state index is 13.2. The van der Waals surface area contributed by atoms with Crippen molar-refractivity contribution in [3.8, 4) is 22.9 Å². The number of nitrogens with zero attached hydrogens (tertiary/aromatic N) is 3. The number of aromatic nitrogens is 3. The van der Waals surface area contributed by atoms with Crippen molar-refractivity contribution in [2.24, 2.45) is 5.92 Å². The molecule has 1 aliphatic carbocycles. The van der Waals surface area contributed by atoms with Gasteiger partial charge in [-0.2, -0.15) is 0 Å². The van der Waals surface area contributed by atoms with Crippen LogP contribution in [0.15, 0.2) is 66.6 Å². The first kappa shape index (κ1) is 25.8. The zero-order valence-corrected chi connectivity index (χ0v) is 22.0. The van der Waals surface area contributed by atoms with Gasteiger partial charge in [-0.05, 0) is 42.5 Å². The number of nitrogens with one attached hydrogen (secondary N) is 1. The predicted octanol–water partition coefficient (Wildman–Crippen LogP) is 3.80. The van der Waals surface area contributed by atoms with E-state index >= 15 is 0 Å². The van der Waals surface area contributed by atoms with Gasteiger partial charge in [0.1, 0.15) is 12.4 Å². The van der Waals surface area contributed by atoms with Gasteiger partial charge in [-0.25, -0.2) is 23.4 Å². The maximum atomic E-state index is 13.2. The van der Waals surface area contributed by atoms with Gasteiger partial charge < -0.3 is 14.8 Å². The van der Waals surface area contributed by atoms with Crippen molar-refractivity contribution in [2.75, 3.05) is 13.7 Å². The third kappa shape index (κ3) is 5.13. The van der Waals surface area contributed by atoms with Crippen molar-refractivity contribution in [1.29, 1.82) is 0 Å². The van der Waals surface area contributed by atoms with Crippen LogP contribution >= 0.6 is 0 Å². The summed E-state index contributed by atoms with van der Waals surface area (Å²) in [5.41, 5.74) is 2.95. The fourth-order valence-electron chi connectivity index (χ4n) is 5.28. The number of methoxy groups -OCH3 is 1. The highest BCUT2D eigenvalue weighted by molar-refractivity contribution is 7.92. The van der Waals surface area contributed by atoms with E-state index < -0.39 is 15.1 Å². The van der Waals surface area contributed by atoms with Gasteiger partial charge >= 0.3 is 6.01 Å². The second kappa shape index (κ2) is 10.9. The summed E-state index contributed by atoms with van der Waals surface area (Å²) in [5, 5.41) is 2.29. The van der Waals surface area contributed by atoms with Crippen molar-refractivity contribution in [1.82, 2.24) is 20.3 Å². The Balaban J connectivity index is 1.29. The van der Waals surface area contributed by atoms with Crippen LogP contribution in [0.2, 0.25) is 0 Å². The fourth-order valence-corrected chi connectivity index (χ4v) is 7.05. The summed E-state index contributed by atoms with van der Waals surface area (Å²) in [4.78, 5) is 25.5. The van der Waals surface area contributed by atoms with E-state index in [0.29, 0.717) is 13.0 Å². The molecule has 1 aliphatic heterocycles. The monoisotopic (exact) mass is 534 g/mol. The van der Waals surface area contributed by atoms with Gasteiger partial charge in [0.2, 0.25) is 9.84 Å². The van der Waals surface area contributed by atoms with Gasteiger partial charge in [0, 0.05) is 36.1 Å². The molecule has 0 saturated heterocycles. The molecule has 1 unspecified atom stereocenters. The average molecular weight is 535 g/mol.